The summed E-state index contributed by atoms with van der Waals surface area (Å²) in [6.45, 7) is 4.21. The number of rotatable bonds is 6. The monoisotopic (exact) mass is 326 g/mol. The number of benzene rings is 2. The van der Waals surface area contributed by atoms with Crippen molar-refractivity contribution in [2.45, 2.75) is 19.9 Å². The van der Waals surface area contributed by atoms with Crippen molar-refractivity contribution in [1.29, 1.82) is 0 Å². The van der Waals surface area contributed by atoms with Gasteiger partial charge in [0.15, 0.2) is 0 Å². The third kappa shape index (κ3) is 4.28. The summed E-state index contributed by atoms with van der Waals surface area (Å²) >= 11 is 0. The lowest BCUT2D eigenvalue weighted by atomic mass is 9.95. The van der Waals surface area contributed by atoms with Gasteiger partial charge < -0.3 is 15.0 Å². The smallest absolute Gasteiger partial charge is 0.251 e. The van der Waals surface area contributed by atoms with Crippen molar-refractivity contribution in [3.63, 3.8) is 0 Å². The second-order valence-corrected chi connectivity index (χ2v) is 6.41. The Morgan fingerprint density at radius 3 is 2.29 bits per heavy atom. The van der Waals surface area contributed by atoms with Gasteiger partial charge in [0.25, 0.3) is 5.91 Å². The summed E-state index contributed by atoms with van der Waals surface area (Å²) in [7, 11) is 5.57. The van der Waals surface area contributed by atoms with E-state index in [4.69, 9.17) is 4.74 Å². The van der Waals surface area contributed by atoms with Crippen molar-refractivity contribution in [2.75, 3.05) is 26.1 Å². The van der Waals surface area contributed by atoms with Crippen LogP contribution >= 0.6 is 0 Å². The molecule has 2 aromatic carbocycles. The molecule has 0 bridgehead atoms. The first-order valence-electron chi connectivity index (χ1n) is 8.14. The van der Waals surface area contributed by atoms with E-state index in [1.54, 1.807) is 7.11 Å². The fourth-order valence-electron chi connectivity index (χ4n) is 2.60. The van der Waals surface area contributed by atoms with E-state index in [0.717, 1.165) is 17.0 Å². The summed E-state index contributed by atoms with van der Waals surface area (Å²) in [4.78, 5) is 14.7. The van der Waals surface area contributed by atoms with Crippen LogP contribution in [0.25, 0.3) is 0 Å². The lowest BCUT2D eigenvalue weighted by Crippen LogP contribution is -2.31. The summed E-state index contributed by atoms with van der Waals surface area (Å²) in [5.74, 6) is 1.03. The maximum absolute atomic E-state index is 12.7. The average Bonchev–Trinajstić information content (AvgIpc) is 2.59. The first-order valence-corrected chi connectivity index (χ1v) is 8.14. The highest BCUT2D eigenvalue weighted by Crippen LogP contribution is 2.24. The number of nitrogens with zero attached hydrogens (tertiary/aromatic N) is 1. The van der Waals surface area contributed by atoms with Crippen molar-refractivity contribution >= 4 is 11.6 Å². The molecule has 0 saturated carbocycles. The standard InChI is InChI=1S/C20H26N2O2/c1-14(2)19(15-9-11-18(24-5)12-10-15)21-20(23)16-7-6-8-17(13-16)22(3)4/h6-14,19H,1-5H3,(H,21,23). The second kappa shape index (κ2) is 7.86. The van der Waals surface area contributed by atoms with Gasteiger partial charge in [0.2, 0.25) is 0 Å². The Morgan fingerprint density at radius 1 is 1.08 bits per heavy atom. The number of hydrogen-bond donors (Lipinski definition) is 1. The Morgan fingerprint density at radius 2 is 1.75 bits per heavy atom. The van der Waals surface area contributed by atoms with Crippen LogP contribution < -0.4 is 15.0 Å². The molecule has 128 valence electrons. The molecule has 0 fully saturated rings. The van der Waals surface area contributed by atoms with E-state index < -0.39 is 0 Å². The van der Waals surface area contributed by atoms with E-state index in [0.29, 0.717) is 5.56 Å². The van der Waals surface area contributed by atoms with Crippen molar-refractivity contribution in [1.82, 2.24) is 5.32 Å². The van der Waals surface area contributed by atoms with E-state index in [9.17, 15) is 4.79 Å². The molecule has 0 aliphatic carbocycles. The zero-order chi connectivity index (χ0) is 17.7. The van der Waals surface area contributed by atoms with Gasteiger partial charge in [-0.25, -0.2) is 0 Å². The SMILES string of the molecule is COc1ccc(C(NC(=O)c2cccc(N(C)C)c2)C(C)C)cc1. The first kappa shape index (κ1) is 17.9. The van der Waals surface area contributed by atoms with Gasteiger partial charge in [0.1, 0.15) is 5.75 Å². The van der Waals surface area contributed by atoms with Crippen LogP contribution in [0.1, 0.15) is 35.8 Å². The molecule has 4 heteroatoms. The van der Waals surface area contributed by atoms with Gasteiger partial charge in [-0.05, 0) is 41.8 Å². The number of carbonyl (C=O) groups excluding carboxylic acids is 1. The molecule has 0 aromatic heterocycles. The lowest BCUT2D eigenvalue weighted by molar-refractivity contribution is 0.0925. The minimum absolute atomic E-state index is 0.0496. The highest BCUT2D eigenvalue weighted by Gasteiger charge is 2.19. The maximum atomic E-state index is 12.7. The molecule has 24 heavy (non-hydrogen) atoms. The van der Waals surface area contributed by atoms with Crippen LogP contribution in [0.3, 0.4) is 0 Å². The molecule has 1 N–H and O–H groups in total. The van der Waals surface area contributed by atoms with E-state index in [-0.39, 0.29) is 17.9 Å². The Hall–Kier alpha value is -2.49. The Balaban J connectivity index is 2.20. The second-order valence-electron chi connectivity index (χ2n) is 6.41. The number of anilines is 1. The molecular weight excluding hydrogens is 300 g/mol. The zero-order valence-electron chi connectivity index (χ0n) is 15.0. The van der Waals surface area contributed by atoms with Gasteiger partial charge in [0, 0.05) is 25.3 Å². The van der Waals surface area contributed by atoms with Gasteiger partial charge in [0.05, 0.1) is 13.2 Å². The third-order valence-electron chi connectivity index (χ3n) is 4.05. The van der Waals surface area contributed by atoms with E-state index in [1.807, 2.05) is 67.5 Å². The number of methoxy groups -OCH3 is 1. The highest BCUT2D eigenvalue weighted by molar-refractivity contribution is 5.95. The normalized spacial score (nSPS) is 11.9. The molecule has 0 saturated heterocycles. The number of carbonyl (C=O) groups is 1. The molecular formula is C20H26N2O2. The molecule has 0 aliphatic heterocycles. The lowest BCUT2D eigenvalue weighted by Gasteiger charge is -2.23. The predicted molar refractivity (Wildman–Crippen MR) is 98.8 cm³/mol. The zero-order valence-corrected chi connectivity index (χ0v) is 15.0. The van der Waals surface area contributed by atoms with Crippen LogP contribution in [0, 0.1) is 5.92 Å². The van der Waals surface area contributed by atoms with Crippen LogP contribution in [-0.4, -0.2) is 27.1 Å². The summed E-state index contributed by atoms with van der Waals surface area (Å²) in [5.41, 5.74) is 2.75. The summed E-state index contributed by atoms with van der Waals surface area (Å²) < 4.78 is 5.20. The van der Waals surface area contributed by atoms with Crippen LogP contribution in [0.2, 0.25) is 0 Å². The molecule has 0 aliphatic rings. The van der Waals surface area contributed by atoms with Crippen molar-refractivity contribution in [3.8, 4) is 5.75 Å². The third-order valence-corrected chi connectivity index (χ3v) is 4.05. The van der Waals surface area contributed by atoms with Gasteiger partial charge >= 0.3 is 0 Å². The Bertz CT molecular complexity index is 678. The maximum Gasteiger partial charge on any atom is 0.251 e. The summed E-state index contributed by atoms with van der Waals surface area (Å²) in [6.07, 6.45) is 0. The van der Waals surface area contributed by atoms with E-state index in [2.05, 4.69) is 19.2 Å². The minimum Gasteiger partial charge on any atom is -0.497 e. The molecule has 1 unspecified atom stereocenters. The quantitative estimate of drug-likeness (QED) is 0.875. The number of hydrogen-bond acceptors (Lipinski definition) is 3. The van der Waals surface area contributed by atoms with Crippen LogP contribution in [0.15, 0.2) is 48.5 Å². The molecule has 0 heterocycles. The fourth-order valence-corrected chi connectivity index (χ4v) is 2.60. The topological polar surface area (TPSA) is 41.6 Å². The molecule has 2 rings (SSSR count). The largest absolute Gasteiger partial charge is 0.497 e. The van der Waals surface area contributed by atoms with E-state index in [1.165, 1.54) is 0 Å². The van der Waals surface area contributed by atoms with Gasteiger partial charge in [-0.2, -0.15) is 0 Å². The van der Waals surface area contributed by atoms with Crippen molar-refractivity contribution < 1.29 is 9.53 Å². The van der Waals surface area contributed by atoms with Gasteiger partial charge in [-0.15, -0.1) is 0 Å². The fraction of sp³-hybridized carbons (Fsp3) is 0.350. The van der Waals surface area contributed by atoms with Crippen LogP contribution in [0.5, 0.6) is 5.75 Å². The summed E-state index contributed by atoms with van der Waals surface area (Å²) in [5, 5.41) is 3.15. The predicted octanol–water partition coefficient (Wildman–Crippen LogP) is 3.89. The molecule has 0 radical (unpaired) electrons. The van der Waals surface area contributed by atoms with Crippen molar-refractivity contribution in [3.05, 3.63) is 59.7 Å². The number of ether oxygens (including phenoxy) is 1. The first-order chi connectivity index (χ1) is 11.4. The van der Waals surface area contributed by atoms with Gasteiger partial charge in [-0.3, -0.25) is 4.79 Å². The molecule has 4 nitrogen and oxygen atoms in total. The van der Waals surface area contributed by atoms with Crippen LogP contribution in [0.4, 0.5) is 5.69 Å². The molecule has 0 spiro atoms. The van der Waals surface area contributed by atoms with E-state index >= 15 is 0 Å². The van der Waals surface area contributed by atoms with Crippen LogP contribution in [-0.2, 0) is 0 Å². The number of amides is 1. The number of nitrogens with one attached hydrogen (secondary N) is 1. The summed E-state index contributed by atoms with van der Waals surface area (Å²) in [6, 6.07) is 15.4. The Kier molecular flexibility index (Phi) is 5.85. The molecule has 1 atom stereocenters. The average molecular weight is 326 g/mol. The van der Waals surface area contributed by atoms with Gasteiger partial charge in [-0.1, -0.05) is 32.0 Å². The minimum atomic E-state index is -0.0618. The molecule has 1 amide bonds. The Labute approximate surface area is 144 Å². The van der Waals surface area contributed by atoms with Crippen molar-refractivity contribution in [2.24, 2.45) is 5.92 Å². The molecule has 2 aromatic rings. The highest BCUT2D eigenvalue weighted by atomic mass is 16.5.